The molecule has 0 saturated carbocycles. The number of nitrogens with two attached hydrogens (primary N) is 1. The van der Waals surface area contributed by atoms with Gasteiger partial charge in [-0.05, 0) is 51.4 Å². The van der Waals surface area contributed by atoms with Crippen molar-refractivity contribution in [3.8, 4) is 0 Å². The molecule has 0 aromatic rings. The molecule has 0 rings (SSSR count). The van der Waals surface area contributed by atoms with Crippen molar-refractivity contribution in [2.24, 2.45) is 5.73 Å². The Morgan fingerprint density at radius 3 is 1.94 bits per heavy atom. The molecule has 9 heteroatoms. The maximum atomic E-state index is 11.7. The van der Waals surface area contributed by atoms with Crippen LogP contribution >= 0.6 is 7.82 Å². The second kappa shape index (κ2) is 25.1. The Bertz CT molecular complexity index is 692. The Labute approximate surface area is 217 Å². The molecule has 8 nitrogen and oxygen atoms in total. The van der Waals surface area contributed by atoms with Crippen molar-refractivity contribution in [1.82, 2.24) is 0 Å². The summed E-state index contributed by atoms with van der Waals surface area (Å²) in [7, 11) is -4.25. The van der Waals surface area contributed by atoms with Gasteiger partial charge in [-0.15, -0.1) is 0 Å². The summed E-state index contributed by atoms with van der Waals surface area (Å²) in [5, 5.41) is 9.69. The van der Waals surface area contributed by atoms with Crippen LogP contribution in [-0.4, -0.2) is 48.4 Å². The van der Waals surface area contributed by atoms with Gasteiger partial charge >= 0.3 is 13.8 Å². The van der Waals surface area contributed by atoms with E-state index < -0.39 is 26.5 Å². The number of aliphatic hydroxyl groups excluding tert-OH is 1. The van der Waals surface area contributed by atoms with Crippen LogP contribution in [-0.2, 0) is 23.1 Å². The Kier molecular flexibility index (Phi) is 24.0. The third-order valence-electron chi connectivity index (χ3n) is 4.95. The fourth-order valence-electron chi connectivity index (χ4n) is 2.96. The molecule has 0 fully saturated rings. The second-order valence-corrected chi connectivity index (χ2v) is 9.86. The van der Waals surface area contributed by atoms with Crippen molar-refractivity contribution >= 4 is 13.8 Å². The lowest BCUT2D eigenvalue weighted by Crippen LogP contribution is -2.23. The predicted octanol–water partition coefficient (Wildman–Crippen LogP) is 5.91. The largest absolute Gasteiger partial charge is 0.472 e. The lowest BCUT2D eigenvalue weighted by Gasteiger charge is -2.15. The number of carbonyl (C=O) groups is 1. The topological polar surface area (TPSA) is 128 Å². The molecule has 0 radical (unpaired) electrons. The number of unbranched alkanes of at least 4 members (excludes halogenated alkanes) is 6. The first-order chi connectivity index (χ1) is 17.4. The quantitative estimate of drug-likeness (QED) is 0.0609. The van der Waals surface area contributed by atoms with E-state index in [1.54, 1.807) is 0 Å². The maximum Gasteiger partial charge on any atom is 0.472 e. The smallest absolute Gasteiger partial charge is 0.463 e. The minimum atomic E-state index is -4.25. The molecule has 0 amide bonds. The normalized spacial score (nSPS) is 14.9. The molecule has 2 atom stereocenters. The van der Waals surface area contributed by atoms with E-state index in [9.17, 15) is 19.4 Å². The van der Waals surface area contributed by atoms with Crippen molar-refractivity contribution in [2.75, 3.05) is 26.4 Å². The van der Waals surface area contributed by atoms with Gasteiger partial charge in [-0.25, -0.2) is 4.57 Å². The van der Waals surface area contributed by atoms with Crippen LogP contribution in [0, 0.1) is 0 Å². The van der Waals surface area contributed by atoms with Crippen molar-refractivity contribution in [1.29, 1.82) is 0 Å². The minimum absolute atomic E-state index is 0.0671. The van der Waals surface area contributed by atoms with Gasteiger partial charge < -0.3 is 20.5 Å². The Balaban J connectivity index is 3.61. The molecule has 0 bridgehead atoms. The highest BCUT2D eigenvalue weighted by Crippen LogP contribution is 2.42. The first-order valence-electron chi connectivity index (χ1n) is 13.2. The summed E-state index contributed by atoms with van der Waals surface area (Å²) in [5.41, 5.74) is 5.17. The molecule has 0 spiro atoms. The maximum absolute atomic E-state index is 11.7. The second-order valence-electron chi connectivity index (χ2n) is 8.41. The molecule has 36 heavy (non-hydrogen) atoms. The van der Waals surface area contributed by atoms with E-state index in [0.29, 0.717) is 6.42 Å². The fraction of sp³-hybridized carbons (Fsp3) is 0.667. The zero-order valence-corrected chi connectivity index (χ0v) is 22.9. The number of phosphoric acid groups is 1. The summed E-state index contributed by atoms with van der Waals surface area (Å²) in [5.74, 6) is -0.418. The summed E-state index contributed by atoms with van der Waals surface area (Å²) >= 11 is 0. The van der Waals surface area contributed by atoms with Crippen molar-refractivity contribution in [2.45, 2.75) is 90.1 Å². The lowest BCUT2D eigenvalue weighted by molar-refractivity contribution is -0.147. The van der Waals surface area contributed by atoms with Gasteiger partial charge in [0.15, 0.2) is 0 Å². The number of esters is 1. The van der Waals surface area contributed by atoms with Gasteiger partial charge in [0, 0.05) is 13.0 Å². The molecule has 0 saturated heterocycles. The summed E-state index contributed by atoms with van der Waals surface area (Å²) in [6.45, 7) is 1.36. The van der Waals surface area contributed by atoms with Gasteiger partial charge in [0.25, 0.3) is 0 Å². The van der Waals surface area contributed by atoms with E-state index in [2.05, 4.69) is 64.6 Å². The summed E-state index contributed by atoms with van der Waals surface area (Å²) in [4.78, 5) is 21.0. The van der Waals surface area contributed by atoms with Crippen LogP contribution in [0.1, 0.15) is 84.0 Å². The number of rotatable bonds is 24. The summed E-state index contributed by atoms with van der Waals surface area (Å²) in [6, 6.07) is 0. The van der Waals surface area contributed by atoms with Crippen LogP contribution in [0.4, 0.5) is 0 Å². The van der Waals surface area contributed by atoms with Gasteiger partial charge in [0.2, 0.25) is 0 Å². The highest BCUT2D eigenvalue weighted by molar-refractivity contribution is 7.47. The molecule has 1 unspecified atom stereocenters. The number of carbonyl (C=O) groups excluding carboxylic acids is 1. The van der Waals surface area contributed by atoms with E-state index in [0.717, 1.165) is 38.5 Å². The van der Waals surface area contributed by atoms with Gasteiger partial charge in [-0.3, -0.25) is 13.8 Å². The lowest BCUT2D eigenvalue weighted by atomic mass is 10.1. The van der Waals surface area contributed by atoms with Crippen LogP contribution in [0.5, 0.6) is 0 Å². The first-order valence-corrected chi connectivity index (χ1v) is 14.7. The van der Waals surface area contributed by atoms with Gasteiger partial charge in [0.1, 0.15) is 12.7 Å². The highest BCUT2D eigenvalue weighted by Gasteiger charge is 2.22. The fourth-order valence-corrected chi connectivity index (χ4v) is 3.74. The standard InChI is InChI=1S/C27H48NO7P/c1-2-3-4-5-6-7-8-9-10-11-12-13-14-15-16-17-18-19-20-21-27(30)33-24-26(29)25-35-36(31,32)34-23-22-28/h6-7,9-10,12-13,15-16,26,29H,2-5,8,11,14,17-25,28H2,1H3,(H,31,32)/b7-6+,10-9+,13-12+,16-15+/t26-/m1/s1. The minimum Gasteiger partial charge on any atom is -0.463 e. The van der Waals surface area contributed by atoms with E-state index in [1.165, 1.54) is 25.7 Å². The molecule has 0 aromatic heterocycles. The summed E-state index contributed by atoms with van der Waals surface area (Å²) < 4.78 is 25.5. The number of hydrogen-bond donors (Lipinski definition) is 3. The number of ether oxygens (including phenoxy) is 1. The molecule has 0 aliphatic carbocycles. The molecule has 0 heterocycles. The van der Waals surface area contributed by atoms with Crippen molar-refractivity contribution in [3.63, 3.8) is 0 Å². The Morgan fingerprint density at radius 2 is 1.39 bits per heavy atom. The SMILES string of the molecule is CCCCC/C=C/C/C=C/C/C=C/C/C=C/CCCCCC(=O)OC[C@@H](O)COP(=O)(O)OCCN. The molecule has 0 aromatic carbocycles. The predicted molar refractivity (Wildman–Crippen MR) is 145 cm³/mol. The number of aliphatic hydroxyl groups is 1. The van der Waals surface area contributed by atoms with Crippen LogP contribution in [0.2, 0.25) is 0 Å². The molecule has 0 aliphatic rings. The Hall–Kier alpha value is -1.54. The van der Waals surface area contributed by atoms with E-state index in [1.807, 2.05) is 0 Å². The average Bonchev–Trinajstić information content (AvgIpc) is 2.86. The van der Waals surface area contributed by atoms with Crippen LogP contribution in [0.15, 0.2) is 48.6 Å². The Morgan fingerprint density at radius 1 is 0.833 bits per heavy atom. The molecular formula is C27H48NO7P. The molecular weight excluding hydrogens is 481 g/mol. The van der Waals surface area contributed by atoms with E-state index >= 15 is 0 Å². The molecule has 0 aliphatic heterocycles. The summed E-state index contributed by atoms with van der Waals surface area (Å²) in [6.07, 6.45) is 28.2. The third-order valence-corrected chi connectivity index (χ3v) is 5.93. The number of allylic oxidation sites excluding steroid dienone is 8. The average molecular weight is 530 g/mol. The third kappa shape index (κ3) is 25.5. The number of phosphoric ester groups is 1. The van der Waals surface area contributed by atoms with Crippen molar-refractivity contribution in [3.05, 3.63) is 48.6 Å². The van der Waals surface area contributed by atoms with Crippen molar-refractivity contribution < 1.29 is 33.1 Å². The van der Waals surface area contributed by atoms with Gasteiger partial charge in [-0.1, -0.05) is 74.8 Å². The van der Waals surface area contributed by atoms with E-state index in [-0.39, 0.29) is 26.2 Å². The van der Waals surface area contributed by atoms with Gasteiger partial charge in [-0.2, -0.15) is 0 Å². The molecule has 208 valence electrons. The first kappa shape index (κ1) is 34.5. The monoisotopic (exact) mass is 529 g/mol. The van der Waals surface area contributed by atoms with Gasteiger partial charge in [0.05, 0.1) is 13.2 Å². The van der Waals surface area contributed by atoms with Crippen LogP contribution < -0.4 is 5.73 Å². The highest BCUT2D eigenvalue weighted by atomic mass is 31.2. The van der Waals surface area contributed by atoms with Crippen LogP contribution in [0.3, 0.4) is 0 Å². The van der Waals surface area contributed by atoms with E-state index in [4.69, 9.17) is 10.5 Å². The molecule has 4 N–H and O–H groups in total. The van der Waals surface area contributed by atoms with Crippen LogP contribution in [0.25, 0.3) is 0 Å². The zero-order chi connectivity index (χ0) is 26.7. The number of hydrogen-bond acceptors (Lipinski definition) is 7. The zero-order valence-electron chi connectivity index (χ0n) is 22.0.